The summed E-state index contributed by atoms with van der Waals surface area (Å²) >= 11 is 0. The second-order valence-corrected chi connectivity index (χ2v) is 21.0. The molecule has 19 nitrogen and oxygen atoms in total. The lowest BCUT2D eigenvalue weighted by molar-refractivity contribution is -0.111. The van der Waals surface area contributed by atoms with E-state index < -0.39 is 13.4 Å². The van der Waals surface area contributed by atoms with E-state index in [1.165, 1.54) is 24.4 Å². The Morgan fingerprint density at radius 1 is 1.00 bits per heavy atom. The van der Waals surface area contributed by atoms with Crippen LogP contribution in [0.25, 0.3) is 11.3 Å². The minimum atomic E-state index is -4.72. The van der Waals surface area contributed by atoms with Gasteiger partial charge in [-0.25, -0.2) is 19.5 Å². The number of aliphatic hydroxyl groups excluding tert-OH is 1. The molecule has 1 atom stereocenters. The molecule has 0 spiro atoms. The molecule has 1 aliphatic carbocycles. The van der Waals surface area contributed by atoms with Gasteiger partial charge in [0.25, 0.3) is 11.8 Å². The van der Waals surface area contributed by atoms with Crippen LogP contribution in [0.15, 0.2) is 73.7 Å². The Morgan fingerprint density at radius 3 is 2.49 bits per heavy atom. The number of anilines is 6. The number of aromatic nitrogens is 5. The molecule has 1 aromatic carbocycles. The van der Waals surface area contributed by atoms with Gasteiger partial charge in [-0.1, -0.05) is 20.4 Å². The fourth-order valence-electron chi connectivity index (χ4n) is 10.7. The number of nitrogens with one attached hydrogen (secondary N) is 2. The van der Waals surface area contributed by atoms with E-state index in [0.29, 0.717) is 70.4 Å². The normalized spacial score (nSPS) is 18.7. The zero-order chi connectivity index (χ0) is 49.7. The molecule has 370 valence electrons. The molecule has 4 aromatic heterocycles. The highest BCUT2D eigenvalue weighted by Crippen LogP contribution is 2.46. The van der Waals surface area contributed by atoms with E-state index in [1.54, 1.807) is 43.4 Å². The zero-order valence-corrected chi connectivity index (χ0v) is 41.4. The summed E-state index contributed by atoms with van der Waals surface area (Å²) in [6, 6.07) is 13.8. The number of ether oxygens (including phenoxy) is 1. The molecule has 4 aliphatic rings. The second kappa shape index (κ2) is 19.2. The summed E-state index contributed by atoms with van der Waals surface area (Å²) in [5.74, 6) is 0.396. The van der Waals surface area contributed by atoms with E-state index in [-0.39, 0.29) is 35.8 Å². The first-order valence-electron chi connectivity index (χ1n) is 23.7. The van der Waals surface area contributed by atoms with E-state index in [1.807, 2.05) is 36.4 Å². The third-order valence-corrected chi connectivity index (χ3v) is 14.7. The van der Waals surface area contributed by atoms with E-state index in [2.05, 4.69) is 72.2 Å². The van der Waals surface area contributed by atoms with Gasteiger partial charge in [-0.3, -0.25) is 28.9 Å². The molecule has 70 heavy (non-hydrogen) atoms. The predicted molar refractivity (Wildman–Crippen MR) is 268 cm³/mol. The van der Waals surface area contributed by atoms with Gasteiger partial charge in [0.15, 0.2) is 5.82 Å². The molecule has 2 amide bonds. The van der Waals surface area contributed by atoms with Crippen molar-refractivity contribution in [3.8, 4) is 17.1 Å². The molecule has 0 radical (unpaired) electrons. The fraction of sp³-hybridized carbons (Fsp3) is 0.440. The summed E-state index contributed by atoms with van der Waals surface area (Å²) < 4.78 is 24.5. The summed E-state index contributed by atoms with van der Waals surface area (Å²) in [5.41, 5.74) is 6.87. The van der Waals surface area contributed by atoms with Crippen molar-refractivity contribution in [1.82, 2.24) is 29.4 Å². The van der Waals surface area contributed by atoms with Gasteiger partial charge in [0, 0.05) is 98.5 Å². The highest BCUT2D eigenvalue weighted by Gasteiger charge is 2.39. The van der Waals surface area contributed by atoms with Gasteiger partial charge in [-0.05, 0) is 106 Å². The summed E-state index contributed by atoms with van der Waals surface area (Å²) in [5, 5.41) is 17.2. The number of methoxy groups -OCH3 is 1. The highest BCUT2D eigenvalue weighted by molar-refractivity contribution is 7.46. The fourth-order valence-corrected chi connectivity index (χ4v) is 11.4. The lowest BCUT2D eigenvalue weighted by Gasteiger charge is -2.47. The van der Waals surface area contributed by atoms with Crippen LogP contribution in [-0.4, -0.2) is 115 Å². The summed E-state index contributed by atoms with van der Waals surface area (Å²) in [6.07, 6.45) is 9.81. The molecule has 0 unspecified atom stereocenters. The number of benzene rings is 1. The average molecular weight is 976 g/mol. The number of piperidine rings is 1. The lowest BCUT2D eigenvalue weighted by atomic mass is 9.90. The molecule has 0 saturated carbocycles. The number of rotatable bonds is 14. The molecular formula is C50H62N11O8P. The number of nitrogens with zero attached hydrogens (tertiary/aromatic N) is 9. The topological polar surface area (TPSA) is 224 Å². The van der Waals surface area contributed by atoms with Crippen molar-refractivity contribution >= 4 is 54.0 Å². The van der Waals surface area contributed by atoms with Crippen LogP contribution in [0.4, 0.5) is 34.4 Å². The quantitative estimate of drug-likeness (QED) is 0.0599. The molecular weight excluding hydrogens is 914 g/mol. The molecule has 20 heteroatoms. The zero-order valence-electron chi connectivity index (χ0n) is 40.6. The number of phosphoric acid groups is 1. The Kier molecular flexibility index (Phi) is 13.4. The van der Waals surface area contributed by atoms with E-state index in [4.69, 9.17) is 14.2 Å². The van der Waals surface area contributed by atoms with Crippen molar-refractivity contribution < 1.29 is 38.3 Å². The molecule has 2 fully saturated rings. The van der Waals surface area contributed by atoms with Crippen molar-refractivity contribution in [1.29, 1.82) is 0 Å². The largest absolute Gasteiger partial charge is 0.478 e. The van der Waals surface area contributed by atoms with Crippen LogP contribution >= 0.6 is 7.82 Å². The summed E-state index contributed by atoms with van der Waals surface area (Å²) in [7, 11) is -3.22. The maximum Gasteiger partial charge on any atom is 0.470 e. The van der Waals surface area contributed by atoms with Gasteiger partial charge in [0.05, 0.1) is 42.7 Å². The van der Waals surface area contributed by atoms with Gasteiger partial charge in [0.1, 0.15) is 17.1 Å². The van der Waals surface area contributed by atoms with Gasteiger partial charge in [0.2, 0.25) is 5.91 Å². The van der Waals surface area contributed by atoms with Crippen LogP contribution < -0.4 is 30.1 Å². The molecule has 9 rings (SSSR count). The van der Waals surface area contributed by atoms with Gasteiger partial charge in [-0.15, -0.1) is 0 Å². The third kappa shape index (κ3) is 9.91. The van der Waals surface area contributed by atoms with Crippen LogP contribution in [-0.2, 0) is 45.5 Å². The number of aliphatic hydroxyl groups is 1. The Morgan fingerprint density at radius 2 is 1.77 bits per heavy atom. The lowest BCUT2D eigenvalue weighted by Crippen LogP contribution is -2.57. The first-order valence-corrected chi connectivity index (χ1v) is 25.2. The van der Waals surface area contributed by atoms with Crippen LogP contribution in [0.2, 0.25) is 0 Å². The van der Waals surface area contributed by atoms with Crippen LogP contribution in [0.1, 0.15) is 80.5 Å². The number of carbonyl (C=O) groups excluding carboxylic acids is 2. The van der Waals surface area contributed by atoms with Gasteiger partial charge >= 0.3 is 7.82 Å². The summed E-state index contributed by atoms with van der Waals surface area (Å²) in [6.45, 7) is 18.2. The minimum absolute atomic E-state index is 0.108. The molecule has 3 aliphatic heterocycles. The number of piperazine rings is 1. The summed E-state index contributed by atoms with van der Waals surface area (Å²) in [4.78, 5) is 73.1. The SMILES string of the molecule is C=CC(=O)Nc1cc(Nc2nc(-c3ccnc(N4CCn5c(cc6c5CC(C)(C)C6)C4=O)c3CO)cnc2OC)ccc1N1CCN(C2CCN(c3ccnc(C(C)(C)OP(=O)(O)O)c3)CC2)C[C@@H]1C. The van der Waals surface area contributed by atoms with Crippen molar-refractivity contribution in [2.45, 2.75) is 91.1 Å². The Labute approximate surface area is 407 Å². The van der Waals surface area contributed by atoms with Crippen LogP contribution in [0.3, 0.4) is 0 Å². The number of fused-ring (bicyclic) bond motifs is 3. The van der Waals surface area contributed by atoms with Gasteiger partial charge < -0.3 is 44.6 Å². The smallest absolute Gasteiger partial charge is 0.470 e. The number of amides is 2. The van der Waals surface area contributed by atoms with Crippen molar-refractivity contribution in [2.75, 3.05) is 71.7 Å². The minimum Gasteiger partial charge on any atom is -0.478 e. The third-order valence-electron chi connectivity index (χ3n) is 14.0. The molecule has 7 heterocycles. The molecule has 5 aromatic rings. The number of carbonyl (C=O) groups is 2. The Hall–Kier alpha value is -6.21. The maximum absolute atomic E-state index is 14.1. The predicted octanol–water partition coefficient (Wildman–Crippen LogP) is 6.41. The second-order valence-electron chi connectivity index (χ2n) is 19.9. The Bertz CT molecular complexity index is 2870. The first-order chi connectivity index (χ1) is 33.3. The Balaban J connectivity index is 0.896. The standard InChI is InChI=1S/C50H62N11O8P/c1-8-44(63)55-38-24-33(9-10-40(38)59-20-19-58(29-31(59)2)34-13-17-57(18-14-34)35-11-15-51-43(25-35)50(5,6)69-70(65,66)67)54-45-47(68-7)53-28-39(56-45)36-12-16-52-46(37(36)30-62)61-22-21-60-41(48(61)64)23-32-26-49(3,4)27-42(32)60/h8-12,15-16,23-25,28,31,34,62H,1,13-14,17-22,26-27,29-30H2,2-7H3,(H,54,56)(H,55,63)(H2,65,66,67)/t31-/m0/s1. The van der Waals surface area contributed by atoms with Crippen molar-refractivity contribution in [3.63, 3.8) is 0 Å². The molecule has 0 bridgehead atoms. The number of hydrogen-bond donors (Lipinski definition) is 5. The number of pyridine rings is 2. The maximum atomic E-state index is 14.1. The van der Waals surface area contributed by atoms with Gasteiger partial charge in [-0.2, -0.15) is 0 Å². The van der Waals surface area contributed by atoms with Crippen LogP contribution in [0.5, 0.6) is 5.88 Å². The monoisotopic (exact) mass is 975 g/mol. The number of phosphoric ester groups is 1. The van der Waals surface area contributed by atoms with Crippen LogP contribution in [0, 0.1) is 5.41 Å². The first kappa shape index (κ1) is 48.8. The average Bonchev–Trinajstić information content (AvgIpc) is 3.82. The molecule has 5 N–H and O–H groups in total. The van der Waals surface area contributed by atoms with Crippen molar-refractivity contribution in [2.24, 2.45) is 5.41 Å². The molecule has 2 saturated heterocycles. The van der Waals surface area contributed by atoms with Crippen molar-refractivity contribution in [3.05, 3.63) is 102 Å². The van der Waals surface area contributed by atoms with E-state index >= 15 is 0 Å². The highest BCUT2D eigenvalue weighted by atomic mass is 31.2. The number of hydrogen-bond acceptors (Lipinski definition) is 14. The van der Waals surface area contributed by atoms with E-state index in [9.17, 15) is 29.0 Å². The van der Waals surface area contributed by atoms with E-state index in [0.717, 1.165) is 69.8 Å².